The first kappa shape index (κ1) is 25.8. The Labute approximate surface area is 220 Å². The van der Waals surface area contributed by atoms with Crippen LogP contribution in [0.4, 0.5) is 21.7 Å². The van der Waals surface area contributed by atoms with Crippen molar-refractivity contribution < 1.29 is 12.8 Å². The third kappa shape index (κ3) is 5.11. The molecule has 0 saturated carbocycles. The van der Waals surface area contributed by atoms with Crippen molar-refractivity contribution in [2.75, 3.05) is 49.7 Å². The van der Waals surface area contributed by atoms with Crippen molar-refractivity contribution in [1.82, 2.24) is 19.4 Å². The highest BCUT2D eigenvalue weighted by atomic mass is 32.2. The molecule has 5 rings (SSSR count). The first-order valence-corrected chi connectivity index (χ1v) is 14.2. The first-order valence-electron chi connectivity index (χ1n) is 12.3. The molecule has 1 fully saturated rings. The van der Waals surface area contributed by atoms with E-state index in [0.29, 0.717) is 23.5 Å². The minimum atomic E-state index is -3.58. The maximum Gasteiger partial charge on any atom is 0.260 e. The zero-order valence-corrected chi connectivity index (χ0v) is 22.3. The Morgan fingerprint density at radius 1 is 1.00 bits per heavy atom. The molecule has 1 aliphatic heterocycles. The van der Waals surface area contributed by atoms with Crippen molar-refractivity contribution in [2.45, 2.75) is 18.4 Å². The lowest BCUT2D eigenvalue weighted by Crippen LogP contribution is -2.44. The number of fused-ring (bicyclic) bond motifs is 1. The van der Waals surface area contributed by atoms with Crippen LogP contribution >= 0.6 is 0 Å². The fraction of sp³-hybridized carbons (Fsp3) is 0.296. The number of halogens is 1. The van der Waals surface area contributed by atoms with Crippen LogP contribution in [-0.2, 0) is 16.4 Å². The molecule has 3 heterocycles. The van der Waals surface area contributed by atoms with Crippen LogP contribution in [-0.4, -0.2) is 67.3 Å². The fourth-order valence-electron chi connectivity index (χ4n) is 4.60. The zero-order chi connectivity index (χ0) is 27.0. The Morgan fingerprint density at radius 2 is 1.71 bits per heavy atom. The predicted molar refractivity (Wildman–Crippen MR) is 147 cm³/mol. The predicted octanol–water partition coefficient (Wildman–Crippen LogP) is 3.52. The molecule has 1 aliphatic rings. The monoisotopic (exact) mass is 536 g/mol. The molecule has 9 nitrogen and oxygen atoms in total. The molecule has 2 aromatic heterocycles. The summed E-state index contributed by atoms with van der Waals surface area (Å²) >= 11 is 0. The van der Waals surface area contributed by atoms with Gasteiger partial charge in [0.1, 0.15) is 11.5 Å². The van der Waals surface area contributed by atoms with E-state index in [9.17, 15) is 17.6 Å². The maximum absolute atomic E-state index is 14.9. The van der Waals surface area contributed by atoms with E-state index in [2.05, 4.69) is 44.3 Å². The van der Waals surface area contributed by atoms with Gasteiger partial charge in [0.15, 0.2) is 9.84 Å². The molecular formula is C27H29FN6O3S. The third-order valence-corrected chi connectivity index (χ3v) is 7.90. The van der Waals surface area contributed by atoms with Gasteiger partial charge in [-0.15, -0.1) is 0 Å². The highest BCUT2D eigenvalue weighted by Crippen LogP contribution is 2.26. The number of benzene rings is 2. The molecule has 0 atom stereocenters. The van der Waals surface area contributed by atoms with Gasteiger partial charge < -0.3 is 15.1 Å². The molecule has 38 heavy (non-hydrogen) atoms. The van der Waals surface area contributed by atoms with E-state index in [0.717, 1.165) is 49.9 Å². The van der Waals surface area contributed by atoms with E-state index < -0.39 is 21.2 Å². The van der Waals surface area contributed by atoms with Gasteiger partial charge in [-0.1, -0.05) is 0 Å². The summed E-state index contributed by atoms with van der Waals surface area (Å²) in [5.41, 5.74) is 2.10. The summed E-state index contributed by atoms with van der Waals surface area (Å²) in [5, 5.41) is 3.76. The van der Waals surface area contributed by atoms with Crippen LogP contribution in [0.1, 0.15) is 6.92 Å². The van der Waals surface area contributed by atoms with Crippen LogP contribution in [0.15, 0.2) is 64.4 Å². The molecule has 4 aromatic rings. The lowest BCUT2D eigenvalue weighted by molar-refractivity contribution is 0.313. The lowest BCUT2D eigenvalue weighted by atomic mass is 10.1. The van der Waals surface area contributed by atoms with E-state index in [1.807, 2.05) is 12.1 Å². The van der Waals surface area contributed by atoms with E-state index >= 15 is 0 Å². The number of sulfone groups is 1. The third-order valence-electron chi connectivity index (χ3n) is 6.79. The number of hydrogen-bond acceptors (Lipinski definition) is 8. The van der Waals surface area contributed by atoms with Crippen molar-refractivity contribution in [3.8, 4) is 11.1 Å². The molecule has 2 aromatic carbocycles. The van der Waals surface area contributed by atoms with Gasteiger partial charge in [-0.2, -0.15) is 4.98 Å². The van der Waals surface area contributed by atoms with Crippen molar-refractivity contribution in [3.63, 3.8) is 0 Å². The molecule has 0 spiro atoms. The number of aromatic nitrogens is 3. The Balaban J connectivity index is 1.45. The number of anilines is 3. The summed E-state index contributed by atoms with van der Waals surface area (Å²) < 4.78 is 39.9. The number of nitrogens with zero attached hydrogens (tertiary/aromatic N) is 5. The molecule has 1 saturated heterocycles. The Hall–Kier alpha value is -3.83. The summed E-state index contributed by atoms with van der Waals surface area (Å²) in [4.78, 5) is 26.8. The average Bonchev–Trinajstić information content (AvgIpc) is 2.89. The van der Waals surface area contributed by atoms with Crippen molar-refractivity contribution in [3.05, 3.63) is 70.9 Å². The molecule has 1 N–H and O–H groups in total. The van der Waals surface area contributed by atoms with Gasteiger partial charge in [0.05, 0.1) is 10.5 Å². The normalized spacial score (nSPS) is 14.7. The van der Waals surface area contributed by atoms with Gasteiger partial charge >= 0.3 is 0 Å². The van der Waals surface area contributed by atoms with E-state index in [-0.39, 0.29) is 16.0 Å². The van der Waals surface area contributed by atoms with Crippen molar-refractivity contribution in [2.24, 2.45) is 0 Å². The van der Waals surface area contributed by atoms with E-state index in [4.69, 9.17) is 0 Å². The highest BCUT2D eigenvalue weighted by molar-refractivity contribution is 7.90. The van der Waals surface area contributed by atoms with E-state index in [1.54, 1.807) is 13.1 Å². The second-order valence-corrected chi connectivity index (χ2v) is 11.5. The lowest BCUT2D eigenvalue weighted by Gasteiger charge is -2.34. The van der Waals surface area contributed by atoms with Crippen molar-refractivity contribution >= 4 is 38.2 Å². The number of aryl methyl sites for hydroxylation is 1. The Bertz CT molecular complexity index is 1660. The van der Waals surface area contributed by atoms with Gasteiger partial charge in [-0.25, -0.2) is 17.8 Å². The number of likely N-dealkylation sites (N-methyl/N-ethyl adjacent to an activating group) is 1. The summed E-state index contributed by atoms with van der Waals surface area (Å²) in [6, 6.07) is 13.2. The molecule has 0 bridgehead atoms. The van der Waals surface area contributed by atoms with Gasteiger partial charge in [0.2, 0.25) is 5.95 Å². The number of pyridine rings is 1. The second-order valence-electron chi connectivity index (χ2n) is 9.46. The Kier molecular flexibility index (Phi) is 6.89. The number of rotatable bonds is 6. The summed E-state index contributed by atoms with van der Waals surface area (Å²) in [5.74, 6) is -0.450. The maximum atomic E-state index is 14.9. The zero-order valence-electron chi connectivity index (χ0n) is 21.5. The van der Waals surface area contributed by atoms with Crippen molar-refractivity contribution in [1.29, 1.82) is 0 Å². The summed E-state index contributed by atoms with van der Waals surface area (Å²) in [7, 11) is -1.45. The number of hydrogen-bond donors (Lipinski definition) is 1. The Morgan fingerprint density at radius 3 is 2.34 bits per heavy atom. The largest absolute Gasteiger partial charge is 0.369 e. The van der Waals surface area contributed by atoms with Gasteiger partial charge in [-0.05, 0) is 62.5 Å². The van der Waals surface area contributed by atoms with Crippen LogP contribution in [0.5, 0.6) is 0 Å². The minimum Gasteiger partial charge on any atom is -0.369 e. The molecular weight excluding hydrogens is 507 g/mol. The average molecular weight is 537 g/mol. The second kappa shape index (κ2) is 10.1. The van der Waals surface area contributed by atoms with Crippen LogP contribution in [0.25, 0.3) is 22.2 Å². The van der Waals surface area contributed by atoms with Gasteiger partial charge in [0, 0.05) is 67.5 Å². The first-order chi connectivity index (χ1) is 18.1. The van der Waals surface area contributed by atoms with Gasteiger partial charge in [-0.3, -0.25) is 9.36 Å². The smallest absolute Gasteiger partial charge is 0.260 e. The number of piperazine rings is 1. The molecule has 0 amide bonds. The van der Waals surface area contributed by atoms with Crippen LogP contribution in [0.3, 0.4) is 0 Å². The van der Waals surface area contributed by atoms with E-state index in [1.165, 1.54) is 22.8 Å². The van der Waals surface area contributed by atoms with Crippen LogP contribution < -0.4 is 15.8 Å². The number of nitrogens with one attached hydrogen (secondary N) is 1. The molecule has 11 heteroatoms. The molecule has 0 unspecified atom stereocenters. The summed E-state index contributed by atoms with van der Waals surface area (Å²) in [6.45, 7) is 6.15. The SMILES string of the molecule is CCn1c(=O)c(-c2ccc(S(C)(=O)=O)cc2F)cc2cnc(Nc3ccc(N4CCN(C)CC4)cc3)nc21. The highest BCUT2D eigenvalue weighted by Gasteiger charge is 2.18. The topological polar surface area (TPSA) is 100 Å². The fourth-order valence-corrected chi connectivity index (χ4v) is 5.23. The summed E-state index contributed by atoms with van der Waals surface area (Å²) in [6.07, 6.45) is 2.59. The molecule has 198 valence electrons. The quantitative estimate of drug-likeness (QED) is 0.400. The molecule has 0 radical (unpaired) electrons. The van der Waals surface area contributed by atoms with Crippen LogP contribution in [0.2, 0.25) is 0 Å². The minimum absolute atomic E-state index is 0.0224. The van der Waals surface area contributed by atoms with Crippen LogP contribution in [0, 0.1) is 5.82 Å². The standard InChI is InChI=1S/C27H29FN6O3S/c1-4-34-25-18(15-23(26(34)35)22-10-9-21(16-24(22)28)38(3,36)37)17-29-27(31-25)30-19-5-7-20(8-6-19)33-13-11-32(2)12-14-33/h5-10,15-17H,4,11-14H2,1-3H3,(H,29,30,31). The van der Waals surface area contributed by atoms with Gasteiger partial charge in [0.25, 0.3) is 5.56 Å². The molecule has 0 aliphatic carbocycles.